The van der Waals surface area contributed by atoms with Crippen LogP contribution >= 0.6 is 0 Å². The summed E-state index contributed by atoms with van der Waals surface area (Å²) in [7, 11) is 1.72. The number of piperidine rings is 1. The first-order valence-corrected chi connectivity index (χ1v) is 5.82. The molecule has 5 heteroatoms. The van der Waals surface area contributed by atoms with Gasteiger partial charge in [0.25, 0.3) is 0 Å². The van der Waals surface area contributed by atoms with Crippen molar-refractivity contribution in [2.75, 3.05) is 20.3 Å². The molecule has 1 N–H and O–H groups in total. The summed E-state index contributed by atoms with van der Waals surface area (Å²) in [6.07, 6.45) is 4.35. The Kier molecular flexibility index (Phi) is 3.56. The van der Waals surface area contributed by atoms with Gasteiger partial charge >= 0.3 is 0 Å². The van der Waals surface area contributed by atoms with Gasteiger partial charge < -0.3 is 14.6 Å². The third kappa shape index (κ3) is 2.25. The lowest BCUT2D eigenvalue weighted by Crippen LogP contribution is -2.47. The number of hydrogen-bond donors (Lipinski definition) is 1. The van der Waals surface area contributed by atoms with Gasteiger partial charge in [-0.3, -0.25) is 0 Å². The topological polar surface area (TPSA) is 60.2 Å². The van der Waals surface area contributed by atoms with Gasteiger partial charge in [-0.1, -0.05) is 5.16 Å². The molecule has 0 spiro atoms. The highest BCUT2D eigenvalue weighted by Gasteiger charge is 2.37. The molecule has 1 aliphatic rings. The zero-order valence-electron chi connectivity index (χ0n) is 9.95. The highest BCUT2D eigenvalue weighted by Crippen LogP contribution is 2.31. The van der Waals surface area contributed by atoms with Gasteiger partial charge in [-0.15, -0.1) is 0 Å². The largest absolute Gasteiger partial charge is 0.385 e. The lowest BCUT2D eigenvalue weighted by atomic mass is 9.85. The van der Waals surface area contributed by atoms with Gasteiger partial charge in [0.1, 0.15) is 0 Å². The van der Waals surface area contributed by atoms with Gasteiger partial charge in [-0.2, -0.15) is 4.98 Å². The molecule has 1 aliphatic heterocycles. The van der Waals surface area contributed by atoms with Crippen LogP contribution in [0.2, 0.25) is 0 Å². The highest BCUT2D eigenvalue weighted by molar-refractivity contribution is 5.06. The Morgan fingerprint density at radius 1 is 1.50 bits per heavy atom. The van der Waals surface area contributed by atoms with E-state index >= 15 is 0 Å². The maximum absolute atomic E-state index is 5.17. The Morgan fingerprint density at radius 2 is 2.38 bits per heavy atom. The van der Waals surface area contributed by atoms with Crippen LogP contribution in [0, 0.1) is 6.92 Å². The van der Waals surface area contributed by atoms with Crippen molar-refractivity contribution in [3.05, 3.63) is 11.7 Å². The molecule has 1 aromatic rings. The van der Waals surface area contributed by atoms with E-state index in [1.807, 2.05) is 6.92 Å². The Bertz CT molecular complexity index is 332. The molecule has 1 unspecified atom stereocenters. The molecule has 0 aliphatic carbocycles. The van der Waals surface area contributed by atoms with Crippen LogP contribution in [0.4, 0.5) is 0 Å². The molecule has 0 saturated carbocycles. The molecule has 5 nitrogen and oxygen atoms in total. The van der Waals surface area contributed by atoms with Crippen LogP contribution in [0.3, 0.4) is 0 Å². The number of methoxy groups -OCH3 is 1. The van der Waals surface area contributed by atoms with Crippen molar-refractivity contribution in [2.45, 2.75) is 38.1 Å². The van der Waals surface area contributed by atoms with Gasteiger partial charge in [-0.25, -0.2) is 0 Å². The molecule has 0 amide bonds. The van der Waals surface area contributed by atoms with Crippen molar-refractivity contribution in [1.29, 1.82) is 0 Å². The lowest BCUT2D eigenvalue weighted by molar-refractivity contribution is 0.130. The third-order valence-electron chi connectivity index (χ3n) is 3.18. The molecule has 2 rings (SSSR count). The van der Waals surface area contributed by atoms with Crippen molar-refractivity contribution < 1.29 is 9.26 Å². The summed E-state index contributed by atoms with van der Waals surface area (Å²) in [4.78, 5) is 4.36. The molecule has 2 heterocycles. The van der Waals surface area contributed by atoms with Crippen LogP contribution in [0.15, 0.2) is 4.52 Å². The predicted octanol–water partition coefficient (Wildman–Crippen LogP) is 1.38. The number of nitrogens with one attached hydrogen (secondary N) is 1. The van der Waals surface area contributed by atoms with Gasteiger partial charge in [-0.05, 0) is 32.2 Å². The first-order valence-electron chi connectivity index (χ1n) is 5.82. The predicted molar refractivity (Wildman–Crippen MR) is 59.1 cm³/mol. The van der Waals surface area contributed by atoms with Crippen LogP contribution in [0.5, 0.6) is 0 Å². The zero-order valence-corrected chi connectivity index (χ0v) is 9.95. The second-order valence-corrected chi connectivity index (χ2v) is 4.35. The average Bonchev–Trinajstić information content (AvgIpc) is 2.75. The Balaban J connectivity index is 2.18. The minimum Gasteiger partial charge on any atom is -0.385 e. The summed E-state index contributed by atoms with van der Waals surface area (Å²) >= 11 is 0. The van der Waals surface area contributed by atoms with Crippen LogP contribution in [-0.2, 0) is 10.3 Å². The SMILES string of the molecule is COCCC1(c2noc(C)n2)CCCCN1. The molecule has 1 fully saturated rings. The van der Waals surface area contributed by atoms with Gasteiger partial charge in [0, 0.05) is 20.6 Å². The molecule has 1 saturated heterocycles. The number of aromatic nitrogens is 2. The van der Waals surface area contributed by atoms with Crippen molar-refractivity contribution in [3.63, 3.8) is 0 Å². The Labute approximate surface area is 95.6 Å². The normalized spacial score (nSPS) is 25.9. The van der Waals surface area contributed by atoms with Crippen molar-refractivity contribution >= 4 is 0 Å². The van der Waals surface area contributed by atoms with Gasteiger partial charge in [0.2, 0.25) is 5.89 Å². The van der Waals surface area contributed by atoms with Crippen molar-refractivity contribution in [3.8, 4) is 0 Å². The van der Waals surface area contributed by atoms with E-state index in [4.69, 9.17) is 9.26 Å². The molecular weight excluding hydrogens is 206 g/mol. The standard InChI is InChI=1S/C11H19N3O2/c1-9-13-10(14-16-9)11(6-8-15-2)5-3-4-7-12-11/h12H,3-8H2,1-2H3. The Hall–Kier alpha value is -0.940. The summed E-state index contributed by atoms with van der Waals surface area (Å²) in [5.41, 5.74) is -0.147. The maximum atomic E-state index is 5.17. The number of aryl methyl sites for hydroxylation is 1. The summed E-state index contributed by atoms with van der Waals surface area (Å²) < 4.78 is 10.3. The number of hydrogen-bond acceptors (Lipinski definition) is 5. The molecule has 0 bridgehead atoms. The minimum atomic E-state index is -0.147. The third-order valence-corrected chi connectivity index (χ3v) is 3.18. The van der Waals surface area contributed by atoms with Gasteiger partial charge in [0.05, 0.1) is 5.54 Å². The molecule has 1 atom stereocenters. The quantitative estimate of drug-likeness (QED) is 0.839. The average molecular weight is 225 g/mol. The van der Waals surface area contributed by atoms with E-state index in [1.165, 1.54) is 12.8 Å². The molecule has 0 radical (unpaired) electrons. The second-order valence-electron chi connectivity index (χ2n) is 4.35. The van der Waals surface area contributed by atoms with E-state index in [0.29, 0.717) is 12.5 Å². The lowest BCUT2D eigenvalue weighted by Gasteiger charge is -2.35. The monoisotopic (exact) mass is 225 g/mol. The van der Waals surface area contributed by atoms with E-state index in [9.17, 15) is 0 Å². The van der Waals surface area contributed by atoms with Crippen LogP contribution in [0.1, 0.15) is 37.4 Å². The molecular formula is C11H19N3O2. The summed E-state index contributed by atoms with van der Waals surface area (Å²) in [5.74, 6) is 1.40. The van der Waals surface area contributed by atoms with Crippen LogP contribution in [0.25, 0.3) is 0 Å². The zero-order chi connectivity index (χ0) is 11.4. The first kappa shape index (κ1) is 11.5. The Morgan fingerprint density at radius 3 is 2.94 bits per heavy atom. The van der Waals surface area contributed by atoms with Crippen molar-refractivity contribution in [2.24, 2.45) is 0 Å². The van der Waals surface area contributed by atoms with Crippen LogP contribution < -0.4 is 5.32 Å². The van der Waals surface area contributed by atoms with E-state index < -0.39 is 0 Å². The first-order chi connectivity index (χ1) is 7.77. The number of ether oxygens (including phenoxy) is 1. The smallest absolute Gasteiger partial charge is 0.223 e. The number of rotatable bonds is 4. The fourth-order valence-corrected chi connectivity index (χ4v) is 2.25. The maximum Gasteiger partial charge on any atom is 0.223 e. The fourth-order valence-electron chi connectivity index (χ4n) is 2.25. The molecule has 90 valence electrons. The van der Waals surface area contributed by atoms with Crippen molar-refractivity contribution in [1.82, 2.24) is 15.5 Å². The molecule has 16 heavy (non-hydrogen) atoms. The van der Waals surface area contributed by atoms with E-state index in [1.54, 1.807) is 7.11 Å². The molecule has 0 aromatic carbocycles. The second kappa shape index (κ2) is 4.93. The summed E-state index contributed by atoms with van der Waals surface area (Å²) in [5, 5.41) is 7.59. The van der Waals surface area contributed by atoms with E-state index in [0.717, 1.165) is 25.2 Å². The van der Waals surface area contributed by atoms with Gasteiger partial charge in [0.15, 0.2) is 5.82 Å². The summed E-state index contributed by atoms with van der Waals surface area (Å²) in [6.45, 7) is 3.54. The highest BCUT2D eigenvalue weighted by atomic mass is 16.5. The fraction of sp³-hybridized carbons (Fsp3) is 0.818. The number of nitrogens with zero attached hydrogens (tertiary/aromatic N) is 2. The van der Waals surface area contributed by atoms with E-state index in [-0.39, 0.29) is 5.54 Å². The minimum absolute atomic E-state index is 0.147. The summed E-state index contributed by atoms with van der Waals surface area (Å²) in [6, 6.07) is 0. The molecule has 1 aromatic heterocycles. The van der Waals surface area contributed by atoms with Crippen LogP contribution in [-0.4, -0.2) is 30.4 Å². The van der Waals surface area contributed by atoms with E-state index in [2.05, 4.69) is 15.5 Å².